The van der Waals surface area contributed by atoms with Crippen LogP contribution in [0.25, 0.3) is 0 Å². The standard InChI is InChI=1S/C10H12BrNO/c1-13-10-5-8-6-12-3-2-7(8)4-9(10)11/h4-5,12H,2-3,6H2,1H3. The molecule has 1 aliphatic heterocycles. The predicted molar refractivity (Wildman–Crippen MR) is 56.1 cm³/mol. The molecule has 0 fully saturated rings. The molecule has 3 heteroatoms. The van der Waals surface area contributed by atoms with E-state index in [-0.39, 0.29) is 0 Å². The summed E-state index contributed by atoms with van der Waals surface area (Å²) in [5, 5.41) is 3.34. The maximum Gasteiger partial charge on any atom is 0.133 e. The van der Waals surface area contributed by atoms with Gasteiger partial charge in [0, 0.05) is 6.54 Å². The third-order valence-electron chi connectivity index (χ3n) is 2.36. The fourth-order valence-corrected chi connectivity index (χ4v) is 2.19. The Hall–Kier alpha value is -0.540. The fourth-order valence-electron chi connectivity index (χ4n) is 1.64. The molecule has 0 spiro atoms. The number of hydrogen-bond acceptors (Lipinski definition) is 2. The van der Waals surface area contributed by atoms with Crippen LogP contribution in [0.3, 0.4) is 0 Å². The van der Waals surface area contributed by atoms with Gasteiger partial charge in [-0.2, -0.15) is 0 Å². The zero-order valence-corrected chi connectivity index (χ0v) is 9.15. The van der Waals surface area contributed by atoms with Gasteiger partial charge in [0.25, 0.3) is 0 Å². The number of benzene rings is 1. The molecule has 0 bridgehead atoms. The average molecular weight is 242 g/mol. The van der Waals surface area contributed by atoms with Gasteiger partial charge in [-0.25, -0.2) is 0 Å². The smallest absolute Gasteiger partial charge is 0.133 e. The van der Waals surface area contributed by atoms with Crippen molar-refractivity contribution in [1.82, 2.24) is 5.32 Å². The van der Waals surface area contributed by atoms with Crippen LogP contribution in [0.15, 0.2) is 16.6 Å². The molecule has 1 aliphatic rings. The van der Waals surface area contributed by atoms with E-state index < -0.39 is 0 Å². The van der Waals surface area contributed by atoms with Gasteiger partial charge in [0.1, 0.15) is 5.75 Å². The van der Waals surface area contributed by atoms with Gasteiger partial charge >= 0.3 is 0 Å². The van der Waals surface area contributed by atoms with Crippen LogP contribution in [0, 0.1) is 0 Å². The van der Waals surface area contributed by atoms with E-state index in [1.54, 1.807) is 7.11 Å². The van der Waals surface area contributed by atoms with Crippen molar-refractivity contribution in [2.75, 3.05) is 13.7 Å². The van der Waals surface area contributed by atoms with E-state index >= 15 is 0 Å². The Balaban J connectivity index is 2.44. The Morgan fingerprint density at radius 2 is 2.23 bits per heavy atom. The lowest BCUT2D eigenvalue weighted by molar-refractivity contribution is 0.410. The summed E-state index contributed by atoms with van der Waals surface area (Å²) in [5.41, 5.74) is 2.78. The molecule has 0 aromatic heterocycles. The van der Waals surface area contributed by atoms with Crippen LogP contribution >= 0.6 is 15.9 Å². The van der Waals surface area contributed by atoms with E-state index in [0.717, 1.165) is 29.7 Å². The van der Waals surface area contributed by atoms with Crippen molar-refractivity contribution in [1.29, 1.82) is 0 Å². The number of ether oxygens (including phenoxy) is 1. The quantitative estimate of drug-likeness (QED) is 0.814. The first-order valence-corrected chi connectivity index (χ1v) is 5.16. The second kappa shape index (κ2) is 3.68. The molecule has 0 unspecified atom stereocenters. The molecule has 0 aliphatic carbocycles. The van der Waals surface area contributed by atoms with Crippen LogP contribution in [-0.2, 0) is 13.0 Å². The third-order valence-corrected chi connectivity index (χ3v) is 2.98. The number of methoxy groups -OCH3 is 1. The summed E-state index contributed by atoms with van der Waals surface area (Å²) in [7, 11) is 1.70. The molecule has 2 rings (SSSR count). The molecule has 1 aromatic carbocycles. The van der Waals surface area contributed by atoms with E-state index in [9.17, 15) is 0 Å². The first-order chi connectivity index (χ1) is 6.31. The summed E-state index contributed by atoms with van der Waals surface area (Å²) < 4.78 is 6.29. The highest BCUT2D eigenvalue weighted by atomic mass is 79.9. The van der Waals surface area contributed by atoms with E-state index in [1.165, 1.54) is 11.1 Å². The van der Waals surface area contributed by atoms with Gasteiger partial charge in [0.15, 0.2) is 0 Å². The lowest BCUT2D eigenvalue weighted by Crippen LogP contribution is -2.23. The summed E-state index contributed by atoms with van der Waals surface area (Å²) in [6.45, 7) is 2.03. The molecule has 1 N–H and O–H groups in total. The van der Waals surface area contributed by atoms with Crippen LogP contribution in [0.4, 0.5) is 0 Å². The lowest BCUT2D eigenvalue weighted by Gasteiger charge is -2.18. The molecule has 0 saturated heterocycles. The largest absolute Gasteiger partial charge is 0.496 e. The summed E-state index contributed by atoms with van der Waals surface area (Å²) in [4.78, 5) is 0. The van der Waals surface area contributed by atoms with Crippen molar-refractivity contribution in [2.45, 2.75) is 13.0 Å². The Morgan fingerprint density at radius 3 is 3.00 bits per heavy atom. The molecule has 0 radical (unpaired) electrons. The van der Waals surface area contributed by atoms with E-state index in [4.69, 9.17) is 4.74 Å². The van der Waals surface area contributed by atoms with Gasteiger partial charge in [-0.1, -0.05) is 0 Å². The molecule has 1 aromatic rings. The van der Waals surface area contributed by atoms with Crippen LogP contribution in [0.2, 0.25) is 0 Å². The maximum absolute atomic E-state index is 5.24. The minimum atomic E-state index is 0.919. The van der Waals surface area contributed by atoms with Gasteiger partial charge in [-0.15, -0.1) is 0 Å². The molecule has 0 amide bonds. The van der Waals surface area contributed by atoms with Gasteiger partial charge in [-0.05, 0) is 52.2 Å². The zero-order chi connectivity index (χ0) is 9.26. The molecular weight excluding hydrogens is 230 g/mol. The number of hydrogen-bond donors (Lipinski definition) is 1. The van der Waals surface area contributed by atoms with E-state index in [1.807, 2.05) is 0 Å². The first-order valence-electron chi connectivity index (χ1n) is 4.37. The van der Waals surface area contributed by atoms with Crippen LogP contribution < -0.4 is 10.1 Å². The van der Waals surface area contributed by atoms with E-state index in [2.05, 4.69) is 33.4 Å². The normalized spacial score (nSPS) is 15.2. The summed E-state index contributed by atoms with van der Waals surface area (Å²) in [6, 6.07) is 4.26. The number of fused-ring (bicyclic) bond motifs is 1. The first kappa shape index (κ1) is 9.03. The molecular formula is C10H12BrNO. The molecule has 13 heavy (non-hydrogen) atoms. The molecule has 2 nitrogen and oxygen atoms in total. The van der Waals surface area contributed by atoms with Crippen LogP contribution in [-0.4, -0.2) is 13.7 Å². The Kier molecular flexibility index (Phi) is 2.56. The zero-order valence-electron chi connectivity index (χ0n) is 7.56. The average Bonchev–Trinajstić information content (AvgIpc) is 2.17. The number of halogens is 1. The SMILES string of the molecule is COc1cc2c(cc1Br)CCNC2. The Morgan fingerprint density at radius 1 is 1.38 bits per heavy atom. The Bertz CT molecular complexity index is 325. The minimum Gasteiger partial charge on any atom is -0.496 e. The second-order valence-corrected chi connectivity index (χ2v) is 4.04. The summed E-state index contributed by atoms with van der Waals surface area (Å²) in [6.07, 6.45) is 1.11. The van der Waals surface area contributed by atoms with Gasteiger partial charge in [0.2, 0.25) is 0 Å². The molecule has 0 atom stereocenters. The highest BCUT2D eigenvalue weighted by molar-refractivity contribution is 9.10. The van der Waals surface area contributed by atoms with Crippen molar-refractivity contribution in [3.05, 3.63) is 27.7 Å². The third kappa shape index (κ3) is 1.71. The second-order valence-electron chi connectivity index (χ2n) is 3.18. The minimum absolute atomic E-state index is 0.919. The highest BCUT2D eigenvalue weighted by Gasteiger charge is 2.11. The van der Waals surface area contributed by atoms with Crippen molar-refractivity contribution in [3.8, 4) is 5.75 Å². The highest BCUT2D eigenvalue weighted by Crippen LogP contribution is 2.29. The lowest BCUT2D eigenvalue weighted by atomic mass is 10.0. The number of nitrogens with one attached hydrogen (secondary N) is 1. The fraction of sp³-hybridized carbons (Fsp3) is 0.400. The van der Waals surface area contributed by atoms with Crippen LogP contribution in [0.5, 0.6) is 5.75 Å². The van der Waals surface area contributed by atoms with Crippen LogP contribution in [0.1, 0.15) is 11.1 Å². The monoisotopic (exact) mass is 241 g/mol. The van der Waals surface area contributed by atoms with Crippen molar-refractivity contribution < 1.29 is 4.74 Å². The molecule has 1 heterocycles. The summed E-state index contributed by atoms with van der Waals surface area (Å²) >= 11 is 3.49. The maximum atomic E-state index is 5.24. The van der Waals surface area contributed by atoms with Crippen molar-refractivity contribution in [3.63, 3.8) is 0 Å². The van der Waals surface area contributed by atoms with Crippen molar-refractivity contribution in [2.24, 2.45) is 0 Å². The summed E-state index contributed by atoms with van der Waals surface area (Å²) in [5.74, 6) is 0.919. The van der Waals surface area contributed by atoms with Gasteiger partial charge in [0.05, 0.1) is 11.6 Å². The van der Waals surface area contributed by atoms with E-state index in [0.29, 0.717) is 0 Å². The predicted octanol–water partition coefficient (Wildman–Crippen LogP) is 2.10. The molecule has 70 valence electrons. The van der Waals surface area contributed by atoms with Gasteiger partial charge < -0.3 is 10.1 Å². The van der Waals surface area contributed by atoms with Crippen molar-refractivity contribution >= 4 is 15.9 Å². The topological polar surface area (TPSA) is 21.3 Å². The molecule has 0 saturated carbocycles. The Labute approximate surface area is 86.4 Å². The van der Waals surface area contributed by atoms with Gasteiger partial charge in [-0.3, -0.25) is 0 Å². The number of rotatable bonds is 1.